The summed E-state index contributed by atoms with van der Waals surface area (Å²) in [5.74, 6) is 0.940. The quantitative estimate of drug-likeness (QED) is 0.770. The van der Waals surface area contributed by atoms with Gasteiger partial charge in [-0.15, -0.1) is 0 Å². The SMILES string of the molecule is O=C(OCCN1CCOCC1)c1ccc2c(c1)OCCO2. The fourth-order valence-corrected chi connectivity index (χ4v) is 2.35. The summed E-state index contributed by atoms with van der Waals surface area (Å²) < 4.78 is 21.5. The van der Waals surface area contributed by atoms with Crippen molar-refractivity contribution in [2.75, 3.05) is 52.7 Å². The number of fused-ring (bicyclic) bond motifs is 1. The van der Waals surface area contributed by atoms with Crippen molar-refractivity contribution in [2.24, 2.45) is 0 Å². The second-order valence-corrected chi connectivity index (χ2v) is 4.95. The highest BCUT2D eigenvalue weighted by molar-refractivity contribution is 5.90. The average Bonchev–Trinajstić information content (AvgIpc) is 2.55. The molecule has 1 fully saturated rings. The second kappa shape index (κ2) is 6.78. The van der Waals surface area contributed by atoms with Gasteiger partial charge in [0.1, 0.15) is 19.8 Å². The van der Waals surface area contributed by atoms with Crippen LogP contribution < -0.4 is 9.47 Å². The van der Waals surface area contributed by atoms with E-state index in [0.29, 0.717) is 36.9 Å². The van der Waals surface area contributed by atoms with Gasteiger partial charge < -0.3 is 18.9 Å². The summed E-state index contributed by atoms with van der Waals surface area (Å²) >= 11 is 0. The molecule has 0 saturated carbocycles. The fraction of sp³-hybridized carbons (Fsp3) is 0.533. The van der Waals surface area contributed by atoms with Crippen LogP contribution in [0.1, 0.15) is 10.4 Å². The summed E-state index contributed by atoms with van der Waals surface area (Å²) in [6.07, 6.45) is 0. The van der Waals surface area contributed by atoms with Gasteiger partial charge in [0.25, 0.3) is 0 Å². The number of carbonyl (C=O) groups is 1. The van der Waals surface area contributed by atoms with E-state index in [2.05, 4.69) is 4.90 Å². The number of rotatable bonds is 4. The van der Waals surface area contributed by atoms with Gasteiger partial charge in [-0.05, 0) is 18.2 Å². The monoisotopic (exact) mass is 293 g/mol. The molecule has 0 unspecified atom stereocenters. The first-order chi connectivity index (χ1) is 10.3. The third-order valence-electron chi connectivity index (χ3n) is 3.52. The van der Waals surface area contributed by atoms with Crippen LogP contribution in [0, 0.1) is 0 Å². The lowest BCUT2D eigenvalue weighted by molar-refractivity contribution is 0.0195. The molecule has 2 aliphatic rings. The molecule has 0 aromatic heterocycles. The molecule has 0 radical (unpaired) electrons. The van der Waals surface area contributed by atoms with E-state index in [1.54, 1.807) is 18.2 Å². The van der Waals surface area contributed by atoms with Crippen LogP contribution in [0.5, 0.6) is 11.5 Å². The van der Waals surface area contributed by atoms with Gasteiger partial charge in [0.15, 0.2) is 11.5 Å². The smallest absolute Gasteiger partial charge is 0.338 e. The van der Waals surface area contributed by atoms with E-state index in [0.717, 1.165) is 32.8 Å². The molecule has 6 heteroatoms. The summed E-state index contributed by atoms with van der Waals surface area (Å²) in [7, 11) is 0. The van der Waals surface area contributed by atoms with Gasteiger partial charge in [-0.1, -0.05) is 0 Å². The Kier molecular flexibility index (Phi) is 4.57. The number of esters is 1. The molecule has 0 amide bonds. The maximum Gasteiger partial charge on any atom is 0.338 e. The van der Waals surface area contributed by atoms with Gasteiger partial charge in [-0.3, -0.25) is 4.90 Å². The molecule has 1 saturated heterocycles. The Hall–Kier alpha value is -1.79. The van der Waals surface area contributed by atoms with E-state index in [9.17, 15) is 4.79 Å². The number of hydrogen-bond acceptors (Lipinski definition) is 6. The van der Waals surface area contributed by atoms with Gasteiger partial charge in [0, 0.05) is 19.6 Å². The zero-order valence-electron chi connectivity index (χ0n) is 11.9. The van der Waals surface area contributed by atoms with Crippen molar-refractivity contribution in [3.8, 4) is 11.5 Å². The van der Waals surface area contributed by atoms with Crippen molar-refractivity contribution in [1.82, 2.24) is 4.90 Å². The van der Waals surface area contributed by atoms with E-state index in [1.165, 1.54) is 0 Å². The van der Waals surface area contributed by atoms with Crippen LogP contribution in [0.4, 0.5) is 0 Å². The maximum atomic E-state index is 12.0. The van der Waals surface area contributed by atoms with E-state index in [-0.39, 0.29) is 5.97 Å². The molecule has 3 rings (SSSR count). The lowest BCUT2D eigenvalue weighted by Crippen LogP contribution is -2.38. The van der Waals surface area contributed by atoms with Crippen LogP contribution in [0.15, 0.2) is 18.2 Å². The molecule has 1 aromatic rings. The van der Waals surface area contributed by atoms with Crippen LogP contribution in [-0.4, -0.2) is 63.5 Å². The third-order valence-corrected chi connectivity index (χ3v) is 3.52. The number of hydrogen-bond donors (Lipinski definition) is 0. The topological polar surface area (TPSA) is 57.2 Å². The molecule has 6 nitrogen and oxygen atoms in total. The Bertz CT molecular complexity index is 499. The normalized spacial score (nSPS) is 18.3. The van der Waals surface area contributed by atoms with Crippen LogP contribution in [-0.2, 0) is 9.47 Å². The van der Waals surface area contributed by atoms with E-state index in [1.807, 2.05) is 0 Å². The number of benzene rings is 1. The molecule has 2 aliphatic heterocycles. The predicted octanol–water partition coefficient (Wildman–Crippen LogP) is 0.947. The molecule has 0 aliphatic carbocycles. The zero-order chi connectivity index (χ0) is 14.5. The van der Waals surface area contributed by atoms with Crippen LogP contribution in [0.25, 0.3) is 0 Å². The van der Waals surface area contributed by atoms with Gasteiger partial charge >= 0.3 is 5.97 Å². The molecule has 2 heterocycles. The number of carbonyl (C=O) groups excluding carboxylic acids is 1. The summed E-state index contributed by atoms with van der Waals surface area (Å²) in [5, 5.41) is 0. The van der Waals surface area contributed by atoms with Crippen molar-refractivity contribution >= 4 is 5.97 Å². The molecule has 21 heavy (non-hydrogen) atoms. The molecule has 0 spiro atoms. The Morgan fingerprint density at radius 3 is 2.67 bits per heavy atom. The molecule has 114 valence electrons. The van der Waals surface area contributed by atoms with E-state index >= 15 is 0 Å². The number of nitrogens with zero attached hydrogens (tertiary/aromatic N) is 1. The van der Waals surface area contributed by atoms with Crippen LogP contribution >= 0.6 is 0 Å². The molecule has 0 N–H and O–H groups in total. The third kappa shape index (κ3) is 3.65. The van der Waals surface area contributed by atoms with Crippen molar-refractivity contribution in [3.05, 3.63) is 23.8 Å². The fourth-order valence-electron chi connectivity index (χ4n) is 2.35. The lowest BCUT2D eigenvalue weighted by Gasteiger charge is -2.26. The van der Waals surface area contributed by atoms with Crippen molar-refractivity contribution in [3.63, 3.8) is 0 Å². The Labute approximate surface area is 123 Å². The summed E-state index contributed by atoms with van der Waals surface area (Å²) in [6, 6.07) is 5.11. The first kappa shape index (κ1) is 14.2. The molecular weight excluding hydrogens is 274 g/mol. The molecular formula is C15H19NO5. The van der Waals surface area contributed by atoms with Crippen molar-refractivity contribution in [2.45, 2.75) is 0 Å². The van der Waals surface area contributed by atoms with E-state index < -0.39 is 0 Å². The second-order valence-electron chi connectivity index (χ2n) is 4.95. The number of morpholine rings is 1. The molecule has 1 aromatic carbocycles. The molecule has 0 atom stereocenters. The zero-order valence-corrected chi connectivity index (χ0v) is 11.9. The van der Waals surface area contributed by atoms with Crippen molar-refractivity contribution in [1.29, 1.82) is 0 Å². The largest absolute Gasteiger partial charge is 0.486 e. The first-order valence-electron chi connectivity index (χ1n) is 7.20. The lowest BCUT2D eigenvalue weighted by atomic mass is 10.2. The highest BCUT2D eigenvalue weighted by Crippen LogP contribution is 2.30. The summed E-state index contributed by atoms with van der Waals surface area (Å²) in [4.78, 5) is 14.2. The average molecular weight is 293 g/mol. The Balaban J connectivity index is 1.50. The minimum absolute atomic E-state index is 0.333. The standard InChI is InChI=1S/C15H19NO5/c17-15(21-8-5-16-3-6-18-7-4-16)12-1-2-13-14(11-12)20-10-9-19-13/h1-2,11H,3-10H2. The van der Waals surface area contributed by atoms with E-state index in [4.69, 9.17) is 18.9 Å². The first-order valence-corrected chi connectivity index (χ1v) is 7.20. The van der Waals surface area contributed by atoms with Crippen LogP contribution in [0.3, 0.4) is 0 Å². The minimum atomic E-state index is -0.333. The summed E-state index contributed by atoms with van der Waals surface area (Å²) in [5.41, 5.74) is 0.487. The predicted molar refractivity (Wildman–Crippen MR) is 75.0 cm³/mol. The van der Waals surface area contributed by atoms with Crippen molar-refractivity contribution < 1.29 is 23.7 Å². The highest BCUT2D eigenvalue weighted by atomic mass is 16.6. The van der Waals surface area contributed by atoms with Crippen LogP contribution in [0.2, 0.25) is 0 Å². The van der Waals surface area contributed by atoms with Gasteiger partial charge in [-0.2, -0.15) is 0 Å². The Morgan fingerprint density at radius 1 is 1.10 bits per heavy atom. The minimum Gasteiger partial charge on any atom is -0.486 e. The van der Waals surface area contributed by atoms with Gasteiger partial charge in [-0.25, -0.2) is 4.79 Å². The highest BCUT2D eigenvalue weighted by Gasteiger charge is 2.16. The van der Waals surface area contributed by atoms with Gasteiger partial charge in [0.2, 0.25) is 0 Å². The van der Waals surface area contributed by atoms with Gasteiger partial charge in [0.05, 0.1) is 18.8 Å². The maximum absolute atomic E-state index is 12.0. The number of ether oxygens (including phenoxy) is 4. The summed E-state index contributed by atoms with van der Waals surface area (Å²) in [6.45, 7) is 5.43. The Morgan fingerprint density at radius 2 is 1.86 bits per heavy atom. The molecule has 0 bridgehead atoms.